The molecule has 1 aromatic carbocycles. The van der Waals surface area contributed by atoms with Crippen molar-refractivity contribution >= 4 is 12.1 Å². The summed E-state index contributed by atoms with van der Waals surface area (Å²) in [4.78, 5) is 25.9. The zero-order valence-corrected chi connectivity index (χ0v) is 13.6. The first-order valence-corrected chi connectivity index (χ1v) is 7.94. The molecule has 0 radical (unpaired) electrons. The van der Waals surface area contributed by atoms with Crippen molar-refractivity contribution in [3.63, 3.8) is 0 Å². The van der Waals surface area contributed by atoms with Gasteiger partial charge in [0.25, 0.3) is 0 Å². The quantitative estimate of drug-likeness (QED) is 0.838. The zero-order chi connectivity index (χ0) is 16.8. The molecular formula is C17H24N2O4. The Labute approximate surface area is 136 Å². The number of amides is 1. The maximum absolute atomic E-state index is 12.4. The Morgan fingerprint density at radius 3 is 2.65 bits per heavy atom. The van der Waals surface area contributed by atoms with Crippen molar-refractivity contribution in [2.24, 2.45) is 11.7 Å². The highest BCUT2D eigenvalue weighted by Crippen LogP contribution is 2.25. The van der Waals surface area contributed by atoms with Gasteiger partial charge in [-0.25, -0.2) is 4.79 Å². The molecule has 23 heavy (non-hydrogen) atoms. The molecule has 0 aliphatic carbocycles. The van der Waals surface area contributed by atoms with E-state index in [0.29, 0.717) is 19.6 Å². The molecule has 3 atom stereocenters. The van der Waals surface area contributed by atoms with Crippen LogP contribution in [0.1, 0.15) is 25.8 Å². The minimum atomic E-state index is -0.475. The number of ether oxygens (including phenoxy) is 2. The van der Waals surface area contributed by atoms with Crippen LogP contribution in [0.3, 0.4) is 0 Å². The lowest BCUT2D eigenvalue weighted by Gasteiger charge is -2.29. The number of carbonyl (C=O) groups is 2. The Morgan fingerprint density at radius 2 is 2.00 bits per heavy atom. The molecule has 1 fully saturated rings. The number of rotatable bonds is 5. The Hall–Kier alpha value is -2.08. The molecule has 1 heterocycles. The van der Waals surface area contributed by atoms with E-state index in [0.717, 1.165) is 5.56 Å². The molecule has 2 N–H and O–H groups in total. The molecule has 1 aliphatic heterocycles. The SMILES string of the molecule is CCOC(=O)C(C)[C@@H]1[C@@H](N)CCN1C(=O)OCc1ccccc1. The fourth-order valence-electron chi connectivity index (χ4n) is 2.91. The van der Waals surface area contributed by atoms with Gasteiger partial charge in [0, 0.05) is 12.6 Å². The van der Waals surface area contributed by atoms with Gasteiger partial charge >= 0.3 is 12.1 Å². The van der Waals surface area contributed by atoms with Crippen LogP contribution in [-0.4, -0.2) is 42.2 Å². The van der Waals surface area contributed by atoms with E-state index in [1.807, 2.05) is 30.3 Å². The van der Waals surface area contributed by atoms with Crippen LogP contribution in [0.25, 0.3) is 0 Å². The Morgan fingerprint density at radius 1 is 1.30 bits per heavy atom. The van der Waals surface area contributed by atoms with Crippen LogP contribution >= 0.6 is 0 Å². The van der Waals surface area contributed by atoms with Gasteiger partial charge in [0.05, 0.1) is 18.6 Å². The van der Waals surface area contributed by atoms with Crippen LogP contribution < -0.4 is 5.73 Å². The average molecular weight is 320 g/mol. The van der Waals surface area contributed by atoms with Crippen molar-refractivity contribution in [2.75, 3.05) is 13.2 Å². The number of carbonyl (C=O) groups excluding carboxylic acids is 2. The number of hydrogen-bond acceptors (Lipinski definition) is 5. The molecule has 1 aliphatic rings. The van der Waals surface area contributed by atoms with E-state index in [-0.39, 0.29) is 18.6 Å². The molecule has 1 aromatic rings. The number of likely N-dealkylation sites (tertiary alicyclic amines) is 1. The Balaban J connectivity index is 1.99. The number of hydrogen-bond donors (Lipinski definition) is 1. The van der Waals surface area contributed by atoms with Gasteiger partial charge in [0.1, 0.15) is 6.61 Å². The van der Waals surface area contributed by atoms with Gasteiger partial charge in [-0.05, 0) is 25.8 Å². The molecule has 6 nitrogen and oxygen atoms in total. The molecule has 6 heteroatoms. The van der Waals surface area contributed by atoms with E-state index in [1.165, 1.54) is 0 Å². The normalized spacial score (nSPS) is 21.8. The van der Waals surface area contributed by atoms with Crippen LogP contribution in [-0.2, 0) is 20.9 Å². The molecule has 0 saturated carbocycles. The fourth-order valence-corrected chi connectivity index (χ4v) is 2.91. The Kier molecular flexibility index (Phi) is 5.98. The summed E-state index contributed by atoms with van der Waals surface area (Å²) in [6.07, 6.45) is 0.206. The zero-order valence-electron chi connectivity index (χ0n) is 13.6. The number of nitrogens with two attached hydrogens (primary N) is 1. The van der Waals surface area contributed by atoms with E-state index >= 15 is 0 Å². The summed E-state index contributed by atoms with van der Waals surface area (Å²) in [5.74, 6) is -0.813. The van der Waals surface area contributed by atoms with Crippen molar-refractivity contribution in [3.05, 3.63) is 35.9 Å². The molecular weight excluding hydrogens is 296 g/mol. The average Bonchev–Trinajstić information content (AvgIpc) is 2.94. The highest BCUT2D eigenvalue weighted by atomic mass is 16.6. The van der Waals surface area contributed by atoms with Crippen LogP contribution in [0, 0.1) is 5.92 Å². The standard InChI is InChI=1S/C17H24N2O4/c1-3-22-16(20)12(2)15-14(18)9-10-19(15)17(21)23-11-13-7-5-4-6-8-13/h4-8,12,14-15H,3,9-11,18H2,1-2H3/t12?,14-,15+/m0/s1. The summed E-state index contributed by atoms with van der Waals surface area (Å²) in [5.41, 5.74) is 7.01. The lowest BCUT2D eigenvalue weighted by atomic mass is 9.96. The van der Waals surface area contributed by atoms with Gasteiger partial charge < -0.3 is 20.1 Å². The monoisotopic (exact) mass is 320 g/mol. The molecule has 1 amide bonds. The van der Waals surface area contributed by atoms with Crippen molar-refractivity contribution in [3.8, 4) is 0 Å². The smallest absolute Gasteiger partial charge is 0.410 e. The third kappa shape index (κ3) is 4.22. The van der Waals surface area contributed by atoms with Gasteiger partial charge in [-0.15, -0.1) is 0 Å². The second-order valence-electron chi connectivity index (χ2n) is 5.72. The molecule has 1 saturated heterocycles. The van der Waals surface area contributed by atoms with Crippen LogP contribution in [0.4, 0.5) is 4.79 Å². The van der Waals surface area contributed by atoms with Crippen LogP contribution in [0.2, 0.25) is 0 Å². The second-order valence-corrected chi connectivity index (χ2v) is 5.72. The first kappa shape index (κ1) is 17.3. The highest BCUT2D eigenvalue weighted by molar-refractivity contribution is 5.75. The van der Waals surface area contributed by atoms with E-state index in [9.17, 15) is 9.59 Å². The third-order valence-corrected chi connectivity index (χ3v) is 4.11. The van der Waals surface area contributed by atoms with Crippen molar-refractivity contribution in [2.45, 2.75) is 39.0 Å². The summed E-state index contributed by atoms with van der Waals surface area (Å²) in [6.45, 7) is 4.50. The van der Waals surface area contributed by atoms with Gasteiger partial charge in [0.2, 0.25) is 0 Å². The first-order chi connectivity index (χ1) is 11.0. The summed E-state index contributed by atoms with van der Waals surface area (Å²) in [6, 6.07) is 8.82. The number of nitrogens with zero attached hydrogens (tertiary/aromatic N) is 1. The Bertz CT molecular complexity index is 535. The maximum atomic E-state index is 12.4. The van der Waals surface area contributed by atoms with Gasteiger partial charge in [-0.3, -0.25) is 4.79 Å². The van der Waals surface area contributed by atoms with E-state index in [2.05, 4.69) is 0 Å². The van der Waals surface area contributed by atoms with Crippen molar-refractivity contribution < 1.29 is 19.1 Å². The predicted molar refractivity (Wildman–Crippen MR) is 85.5 cm³/mol. The molecule has 0 spiro atoms. The predicted octanol–water partition coefficient (Wildman–Crippen LogP) is 1.92. The van der Waals surface area contributed by atoms with E-state index < -0.39 is 18.1 Å². The molecule has 2 rings (SSSR count). The third-order valence-electron chi connectivity index (χ3n) is 4.11. The summed E-state index contributed by atoms with van der Waals surface area (Å²) >= 11 is 0. The fraction of sp³-hybridized carbons (Fsp3) is 0.529. The second kappa shape index (κ2) is 7.97. The maximum Gasteiger partial charge on any atom is 0.410 e. The lowest BCUT2D eigenvalue weighted by Crippen LogP contribution is -2.49. The van der Waals surface area contributed by atoms with Gasteiger partial charge in [-0.1, -0.05) is 30.3 Å². The van der Waals surface area contributed by atoms with Crippen LogP contribution in [0.5, 0.6) is 0 Å². The van der Waals surface area contributed by atoms with Crippen LogP contribution in [0.15, 0.2) is 30.3 Å². The largest absolute Gasteiger partial charge is 0.466 e. The number of esters is 1. The minimum absolute atomic E-state index is 0.200. The van der Waals surface area contributed by atoms with Crippen molar-refractivity contribution in [1.82, 2.24) is 4.90 Å². The summed E-state index contributed by atoms with van der Waals surface area (Å²) < 4.78 is 10.4. The van der Waals surface area contributed by atoms with Gasteiger partial charge in [0.15, 0.2) is 0 Å². The minimum Gasteiger partial charge on any atom is -0.466 e. The molecule has 0 aromatic heterocycles. The topological polar surface area (TPSA) is 81.9 Å². The summed E-state index contributed by atoms with van der Waals surface area (Å²) in [5, 5.41) is 0. The van der Waals surface area contributed by atoms with Gasteiger partial charge in [-0.2, -0.15) is 0 Å². The summed E-state index contributed by atoms with van der Waals surface area (Å²) in [7, 11) is 0. The number of benzene rings is 1. The molecule has 1 unspecified atom stereocenters. The lowest BCUT2D eigenvalue weighted by molar-refractivity contribution is -0.149. The van der Waals surface area contributed by atoms with Crippen molar-refractivity contribution in [1.29, 1.82) is 0 Å². The highest BCUT2D eigenvalue weighted by Gasteiger charge is 2.42. The van der Waals surface area contributed by atoms with E-state index in [1.54, 1.807) is 18.7 Å². The first-order valence-electron chi connectivity index (χ1n) is 7.94. The molecule has 0 bridgehead atoms. The van der Waals surface area contributed by atoms with E-state index in [4.69, 9.17) is 15.2 Å². The molecule has 126 valence electrons.